The molecule has 1 saturated carbocycles. The number of benzene rings is 2. The Bertz CT molecular complexity index is 929. The second kappa shape index (κ2) is 12.9. The van der Waals surface area contributed by atoms with Gasteiger partial charge < -0.3 is 10.2 Å². The molecule has 1 aliphatic rings. The molecule has 33 heavy (non-hydrogen) atoms. The maximum Gasteiger partial charge on any atom is 0.242 e. The Hall–Kier alpha value is -1.40. The van der Waals surface area contributed by atoms with E-state index >= 15 is 0 Å². The maximum atomic E-state index is 13.2. The van der Waals surface area contributed by atoms with Crippen molar-refractivity contribution in [2.45, 2.75) is 69.0 Å². The number of hydrogen-bond donors (Lipinski definition) is 1. The highest BCUT2D eigenvalue weighted by atomic mass is 35.5. The zero-order valence-corrected chi connectivity index (χ0v) is 21.7. The Kier molecular flexibility index (Phi) is 10.2. The minimum atomic E-state index is -0.616. The van der Waals surface area contributed by atoms with E-state index in [1.807, 2.05) is 24.3 Å². The number of thioether (sulfide) groups is 1. The van der Waals surface area contributed by atoms with Gasteiger partial charge in [-0.1, -0.05) is 53.7 Å². The molecule has 1 fully saturated rings. The molecule has 2 amide bonds. The summed E-state index contributed by atoms with van der Waals surface area (Å²) in [5, 5.41) is 4.79. The van der Waals surface area contributed by atoms with Crippen molar-refractivity contribution in [1.29, 1.82) is 0 Å². The second-order valence-electron chi connectivity index (χ2n) is 8.29. The molecule has 0 saturated heterocycles. The Balaban J connectivity index is 1.64. The average molecular weight is 528 g/mol. The summed E-state index contributed by atoms with van der Waals surface area (Å²) in [5.41, 5.74) is 0.658. The van der Waals surface area contributed by atoms with Gasteiger partial charge in [-0.15, -0.1) is 11.8 Å². The van der Waals surface area contributed by atoms with E-state index in [9.17, 15) is 9.59 Å². The van der Waals surface area contributed by atoms with Crippen LogP contribution in [0, 0.1) is 0 Å². The maximum absolute atomic E-state index is 13.2. The fourth-order valence-electron chi connectivity index (χ4n) is 3.92. The first-order valence-corrected chi connectivity index (χ1v) is 13.4. The lowest BCUT2D eigenvalue weighted by molar-refractivity contribution is -0.140. The molecule has 3 rings (SSSR count). The van der Waals surface area contributed by atoms with Crippen LogP contribution in [0.2, 0.25) is 15.1 Å². The molecule has 1 atom stereocenters. The SMILES string of the molecule is C[C@@H](C(=O)NC1CCCC1)N(Cc1c(Cl)cccc1Cl)C(=O)CCCSc1ccc(Cl)cc1. The average Bonchev–Trinajstić information content (AvgIpc) is 3.30. The van der Waals surface area contributed by atoms with Crippen LogP contribution in [0.4, 0.5) is 0 Å². The van der Waals surface area contributed by atoms with Crippen LogP contribution in [0.15, 0.2) is 47.4 Å². The van der Waals surface area contributed by atoms with Gasteiger partial charge in [-0.05, 0) is 68.3 Å². The Morgan fingerprint density at radius 3 is 2.33 bits per heavy atom. The summed E-state index contributed by atoms with van der Waals surface area (Å²) in [4.78, 5) is 28.9. The van der Waals surface area contributed by atoms with Crippen molar-refractivity contribution >= 4 is 58.4 Å². The normalized spacial score (nSPS) is 14.8. The zero-order valence-electron chi connectivity index (χ0n) is 18.7. The standard InChI is InChI=1S/C25H29Cl3N2O2S/c1-17(25(32)29-19-6-2-3-7-19)30(16-21-22(27)8-4-9-23(21)28)24(31)10-5-15-33-20-13-11-18(26)12-14-20/h4,8-9,11-14,17,19H,2-3,5-7,10,15-16H2,1H3,(H,29,32)/t17-/m0/s1. The summed E-state index contributed by atoms with van der Waals surface area (Å²) in [6.45, 7) is 1.97. The Labute approximate surface area is 215 Å². The van der Waals surface area contributed by atoms with E-state index < -0.39 is 6.04 Å². The van der Waals surface area contributed by atoms with Crippen molar-refractivity contribution in [3.8, 4) is 0 Å². The smallest absolute Gasteiger partial charge is 0.242 e. The van der Waals surface area contributed by atoms with E-state index in [0.717, 1.165) is 36.3 Å². The van der Waals surface area contributed by atoms with Crippen LogP contribution in [0.25, 0.3) is 0 Å². The van der Waals surface area contributed by atoms with Gasteiger partial charge in [-0.25, -0.2) is 0 Å². The van der Waals surface area contributed by atoms with Crippen molar-refractivity contribution in [3.63, 3.8) is 0 Å². The van der Waals surface area contributed by atoms with E-state index in [1.54, 1.807) is 41.8 Å². The molecule has 8 heteroatoms. The van der Waals surface area contributed by atoms with Gasteiger partial charge in [-0.2, -0.15) is 0 Å². The first-order valence-electron chi connectivity index (χ1n) is 11.3. The van der Waals surface area contributed by atoms with Crippen LogP contribution in [0.3, 0.4) is 0 Å². The highest BCUT2D eigenvalue weighted by Gasteiger charge is 2.29. The van der Waals surface area contributed by atoms with E-state index in [4.69, 9.17) is 34.8 Å². The lowest BCUT2D eigenvalue weighted by Gasteiger charge is -2.30. The van der Waals surface area contributed by atoms with E-state index in [1.165, 1.54) is 0 Å². The third-order valence-corrected chi connectivity index (χ3v) is 7.93. The largest absolute Gasteiger partial charge is 0.352 e. The number of carbonyl (C=O) groups excluding carboxylic acids is 2. The minimum Gasteiger partial charge on any atom is -0.352 e. The summed E-state index contributed by atoms with van der Waals surface area (Å²) in [6.07, 6.45) is 5.26. The number of amides is 2. The molecule has 1 N–H and O–H groups in total. The Morgan fingerprint density at radius 1 is 1.06 bits per heavy atom. The summed E-state index contributed by atoms with van der Waals surface area (Å²) in [7, 11) is 0. The predicted octanol–water partition coefficient (Wildman–Crippen LogP) is 7.00. The van der Waals surface area contributed by atoms with Crippen molar-refractivity contribution < 1.29 is 9.59 Å². The predicted molar refractivity (Wildman–Crippen MR) is 138 cm³/mol. The van der Waals surface area contributed by atoms with Crippen LogP contribution in [-0.4, -0.2) is 34.6 Å². The van der Waals surface area contributed by atoms with Gasteiger partial charge in [0.05, 0.1) is 0 Å². The fraction of sp³-hybridized carbons (Fsp3) is 0.440. The first-order chi connectivity index (χ1) is 15.8. The molecule has 0 unspecified atom stereocenters. The molecule has 0 bridgehead atoms. The van der Waals surface area contributed by atoms with E-state index in [-0.39, 0.29) is 24.4 Å². The van der Waals surface area contributed by atoms with Crippen molar-refractivity contribution in [2.24, 2.45) is 0 Å². The van der Waals surface area contributed by atoms with Crippen LogP contribution >= 0.6 is 46.6 Å². The number of nitrogens with one attached hydrogen (secondary N) is 1. The van der Waals surface area contributed by atoms with Gasteiger partial charge in [0.2, 0.25) is 11.8 Å². The number of halogens is 3. The highest BCUT2D eigenvalue weighted by Crippen LogP contribution is 2.28. The topological polar surface area (TPSA) is 49.4 Å². The van der Waals surface area contributed by atoms with Crippen molar-refractivity contribution in [3.05, 3.63) is 63.1 Å². The molecule has 0 aromatic heterocycles. The van der Waals surface area contributed by atoms with E-state index in [2.05, 4.69) is 5.32 Å². The lowest BCUT2D eigenvalue weighted by Crippen LogP contribution is -2.49. The van der Waals surface area contributed by atoms with Crippen molar-refractivity contribution in [2.75, 3.05) is 5.75 Å². The zero-order chi connectivity index (χ0) is 23.8. The monoisotopic (exact) mass is 526 g/mol. The summed E-state index contributed by atoms with van der Waals surface area (Å²) in [6, 6.07) is 12.5. The van der Waals surface area contributed by atoms with Crippen LogP contribution in [0.5, 0.6) is 0 Å². The van der Waals surface area contributed by atoms with Gasteiger partial charge in [0.1, 0.15) is 6.04 Å². The second-order valence-corrected chi connectivity index (χ2v) is 10.7. The van der Waals surface area contributed by atoms with Gasteiger partial charge >= 0.3 is 0 Å². The fourth-order valence-corrected chi connectivity index (χ4v) is 5.41. The molecular weight excluding hydrogens is 499 g/mol. The van der Waals surface area contributed by atoms with Gasteiger partial charge in [0.25, 0.3) is 0 Å². The number of nitrogens with zero attached hydrogens (tertiary/aromatic N) is 1. The van der Waals surface area contributed by atoms with Crippen LogP contribution in [-0.2, 0) is 16.1 Å². The van der Waals surface area contributed by atoms with E-state index in [0.29, 0.717) is 33.5 Å². The molecule has 0 heterocycles. The number of carbonyl (C=O) groups is 2. The van der Waals surface area contributed by atoms with Crippen LogP contribution < -0.4 is 5.32 Å². The van der Waals surface area contributed by atoms with Crippen LogP contribution in [0.1, 0.15) is 51.0 Å². The molecule has 0 radical (unpaired) electrons. The molecular formula is C25H29Cl3N2O2S. The first kappa shape index (κ1) is 26.2. The Morgan fingerprint density at radius 2 is 1.70 bits per heavy atom. The minimum absolute atomic E-state index is 0.0863. The molecule has 1 aliphatic carbocycles. The molecule has 0 aliphatic heterocycles. The third kappa shape index (κ3) is 7.81. The number of hydrogen-bond acceptors (Lipinski definition) is 3. The number of rotatable bonds is 10. The van der Waals surface area contributed by atoms with Gasteiger partial charge in [0.15, 0.2) is 0 Å². The molecule has 0 spiro atoms. The quantitative estimate of drug-likeness (QED) is 0.267. The summed E-state index contributed by atoms with van der Waals surface area (Å²) >= 11 is 20.4. The molecule has 2 aromatic rings. The highest BCUT2D eigenvalue weighted by molar-refractivity contribution is 7.99. The molecule has 178 valence electrons. The van der Waals surface area contributed by atoms with Gasteiger partial charge in [0, 0.05) is 44.5 Å². The summed E-state index contributed by atoms with van der Waals surface area (Å²) < 4.78 is 0. The lowest BCUT2D eigenvalue weighted by atomic mass is 10.1. The van der Waals surface area contributed by atoms with Crippen molar-refractivity contribution in [1.82, 2.24) is 10.2 Å². The third-order valence-electron chi connectivity index (χ3n) is 5.88. The van der Waals surface area contributed by atoms with Gasteiger partial charge in [-0.3, -0.25) is 9.59 Å². The summed E-state index contributed by atoms with van der Waals surface area (Å²) in [5.74, 6) is 0.571. The molecule has 4 nitrogen and oxygen atoms in total. The molecule has 2 aromatic carbocycles.